The largest absolute Gasteiger partial charge is 1.00 e. The fourth-order valence-electron chi connectivity index (χ4n) is 5.45. The van der Waals surface area contributed by atoms with Gasteiger partial charge < -0.3 is 53.6 Å². The number of hydrogen-bond donors (Lipinski definition) is 2. The molecule has 0 bridgehead atoms. The molecule has 0 fully saturated rings. The van der Waals surface area contributed by atoms with Gasteiger partial charge in [0.15, 0.2) is 13.1 Å². The van der Waals surface area contributed by atoms with Gasteiger partial charge in [-0.25, -0.2) is 0 Å². The van der Waals surface area contributed by atoms with Crippen molar-refractivity contribution in [2.45, 2.75) is 142 Å². The zero-order valence-corrected chi connectivity index (χ0v) is 32.0. The summed E-state index contributed by atoms with van der Waals surface area (Å²) in [5.41, 5.74) is 0. The molecule has 0 atom stereocenters. The molecule has 0 radical (unpaired) electrons. The molecule has 0 rings (SSSR count). The van der Waals surface area contributed by atoms with Crippen LogP contribution in [0.4, 0.5) is 0 Å². The minimum Gasteiger partial charge on any atom is -1.00 e. The molecule has 254 valence electrons. The average Bonchev–Trinajstić information content (AvgIpc) is 2.88. The predicted molar refractivity (Wildman–Crippen MR) is 173 cm³/mol. The van der Waals surface area contributed by atoms with Gasteiger partial charge >= 0.3 is 0 Å². The van der Waals surface area contributed by atoms with Gasteiger partial charge in [-0.05, 0) is 38.5 Å². The second-order valence-electron chi connectivity index (χ2n) is 13.7. The van der Waals surface area contributed by atoms with Crippen LogP contribution < -0.4 is 44.6 Å². The van der Waals surface area contributed by atoms with Crippen molar-refractivity contribution in [3.05, 3.63) is 0 Å². The van der Waals surface area contributed by atoms with E-state index in [0.717, 1.165) is 60.8 Å². The standard InChI is InChI=1S/C34H70N4O2.2BrH/c1-7-9-11-13-15-17-19-23-27-35-33(39)31-37(3,4)29-25-21-22-26-30-38(5,6)32-34(40)36-28-24-20-18-16-14-12-10-8-2;;/h7-32H2,1-6H3;2*1H. The van der Waals surface area contributed by atoms with Crippen LogP contribution in [0.25, 0.3) is 0 Å². The zero-order chi connectivity index (χ0) is 30.0. The zero-order valence-electron chi connectivity index (χ0n) is 28.9. The topological polar surface area (TPSA) is 58.2 Å². The van der Waals surface area contributed by atoms with Crippen LogP contribution in [0.2, 0.25) is 0 Å². The third-order valence-electron chi connectivity index (χ3n) is 8.13. The number of unbranched alkanes of at least 4 members (excludes halogenated alkanes) is 17. The molecule has 0 aliphatic carbocycles. The summed E-state index contributed by atoms with van der Waals surface area (Å²) >= 11 is 0. The molecule has 0 saturated carbocycles. The quantitative estimate of drug-likeness (QED) is 0.0901. The number of likely N-dealkylation sites (N-methyl/N-ethyl adjacent to an activating group) is 2. The number of nitrogens with one attached hydrogen (secondary N) is 2. The minimum atomic E-state index is 0. The molecular weight excluding hydrogens is 656 g/mol. The molecule has 0 aromatic heterocycles. The summed E-state index contributed by atoms with van der Waals surface area (Å²) < 4.78 is 1.51. The molecule has 0 spiro atoms. The first-order valence-electron chi connectivity index (χ1n) is 17.3. The Morgan fingerprint density at radius 1 is 0.429 bits per heavy atom. The van der Waals surface area contributed by atoms with E-state index < -0.39 is 0 Å². The Labute approximate surface area is 283 Å². The van der Waals surface area contributed by atoms with E-state index in [1.54, 1.807) is 0 Å². The van der Waals surface area contributed by atoms with Crippen molar-refractivity contribution in [2.75, 3.05) is 67.5 Å². The number of nitrogens with zero attached hydrogens (tertiary/aromatic N) is 2. The van der Waals surface area contributed by atoms with Crippen LogP contribution >= 0.6 is 0 Å². The van der Waals surface area contributed by atoms with E-state index in [9.17, 15) is 9.59 Å². The normalized spacial score (nSPS) is 11.5. The average molecular weight is 729 g/mol. The first-order valence-corrected chi connectivity index (χ1v) is 17.3. The molecule has 0 aromatic carbocycles. The van der Waals surface area contributed by atoms with Gasteiger partial charge in [-0.1, -0.05) is 104 Å². The van der Waals surface area contributed by atoms with Gasteiger partial charge in [0.05, 0.1) is 41.3 Å². The van der Waals surface area contributed by atoms with Gasteiger partial charge in [0, 0.05) is 13.1 Å². The number of halogens is 2. The van der Waals surface area contributed by atoms with Crippen LogP contribution in [0.5, 0.6) is 0 Å². The molecule has 2 N–H and O–H groups in total. The maximum atomic E-state index is 12.4. The Hall–Kier alpha value is -0.180. The molecule has 8 heteroatoms. The fraction of sp³-hybridized carbons (Fsp3) is 0.941. The number of amides is 2. The molecule has 0 aliphatic heterocycles. The summed E-state index contributed by atoms with van der Waals surface area (Å²) in [5, 5.41) is 6.27. The monoisotopic (exact) mass is 726 g/mol. The first-order chi connectivity index (χ1) is 19.1. The smallest absolute Gasteiger partial charge is 0.275 e. The third kappa shape index (κ3) is 32.7. The number of carbonyl (C=O) groups is 2. The summed E-state index contributed by atoms with van der Waals surface area (Å²) in [6.45, 7) is 9.35. The maximum Gasteiger partial charge on any atom is 0.275 e. The number of quaternary nitrogens is 2. The fourth-order valence-corrected chi connectivity index (χ4v) is 5.45. The number of hydrogen-bond acceptors (Lipinski definition) is 2. The summed E-state index contributed by atoms with van der Waals surface area (Å²) in [5.74, 6) is 0.375. The van der Waals surface area contributed by atoms with Crippen molar-refractivity contribution >= 4 is 11.8 Å². The van der Waals surface area contributed by atoms with E-state index in [1.165, 1.54) is 103 Å². The lowest BCUT2D eigenvalue weighted by Crippen LogP contribution is -3.00. The Balaban J connectivity index is -0.00000760. The third-order valence-corrected chi connectivity index (χ3v) is 8.13. The minimum absolute atomic E-state index is 0. The highest BCUT2D eigenvalue weighted by Crippen LogP contribution is 2.10. The van der Waals surface area contributed by atoms with E-state index >= 15 is 0 Å². The lowest BCUT2D eigenvalue weighted by Gasteiger charge is -2.30. The highest BCUT2D eigenvalue weighted by atomic mass is 79.9. The lowest BCUT2D eigenvalue weighted by atomic mass is 10.1. The Morgan fingerprint density at radius 3 is 1.00 bits per heavy atom. The van der Waals surface area contributed by atoms with Crippen LogP contribution in [-0.2, 0) is 9.59 Å². The second kappa shape index (κ2) is 30.8. The number of carbonyl (C=O) groups excluding carboxylic acids is 2. The molecule has 42 heavy (non-hydrogen) atoms. The molecule has 0 heterocycles. The van der Waals surface area contributed by atoms with Crippen LogP contribution in [-0.4, -0.2) is 88.2 Å². The van der Waals surface area contributed by atoms with E-state index in [0.29, 0.717) is 13.1 Å². The Morgan fingerprint density at radius 2 is 0.690 bits per heavy atom. The highest BCUT2D eigenvalue weighted by molar-refractivity contribution is 5.77. The van der Waals surface area contributed by atoms with Gasteiger partial charge in [0.2, 0.25) is 0 Å². The van der Waals surface area contributed by atoms with Crippen molar-refractivity contribution in [1.29, 1.82) is 0 Å². The van der Waals surface area contributed by atoms with Crippen LogP contribution in [0.1, 0.15) is 142 Å². The van der Waals surface area contributed by atoms with E-state index in [2.05, 4.69) is 52.7 Å². The van der Waals surface area contributed by atoms with Crippen molar-refractivity contribution in [1.82, 2.24) is 10.6 Å². The molecule has 0 aromatic rings. The van der Waals surface area contributed by atoms with Crippen molar-refractivity contribution < 1.29 is 52.5 Å². The van der Waals surface area contributed by atoms with Gasteiger partial charge in [0.25, 0.3) is 11.8 Å². The molecule has 2 amide bonds. The first kappa shape index (κ1) is 46.2. The predicted octanol–water partition coefficient (Wildman–Crippen LogP) is 1.22. The van der Waals surface area contributed by atoms with Crippen LogP contribution in [0.3, 0.4) is 0 Å². The van der Waals surface area contributed by atoms with Crippen molar-refractivity contribution in [3.63, 3.8) is 0 Å². The molecule has 0 aliphatic rings. The summed E-state index contributed by atoms with van der Waals surface area (Å²) in [7, 11) is 8.68. The summed E-state index contributed by atoms with van der Waals surface area (Å²) in [6.07, 6.45) is 25.4. The van der Waals surface area contributed by atoms with Crippen molar-refractivity contribution in [3.8, 4) is 0 Å². The SMILES string of the molecule is CCCCCCCCCCNC(=O)C[N+](C)(C)CCCCCC[N+](C)(C)CC(=O)NCCCCCCCCCC.[Br-].[Br-]. The molecule has 6 nitrogen and oxygen atoms in total. The highest BCUT2D eigenvalue weighted by Gasteiger charge is 2.21. The van der Waals surface area contributed by atoms with Crippen LogP contribution in [0.15, 0.2) is 0 Å². The summed E-state index contributed by atoms with van der Waals surface area (Å²) in [6, 6.07) is 0. The van der Waals surface area contributed by atoms with Crippen molar-refractivity contribution in [2.24, 2.45) is 0 Å². The lowest BCUT2D eigenvalue weighted by molar-refractivity contribution is -0.883. The maximum absolute atomic E-state index is 12.4. The van der Waals surface area contributed by atoms with Gasteiger partial charge in [-0.3, -0.25) is 9.59 Å². The van der Waals surface area contributed by atoms with Gasteiger partial charge in [0.1, 0.15) is 0 Å². The van der Waals surface area contributed by atoms with Crippen LogP contribution in [0, 0.1) is 0 Å². The second-order valence-corrected chi connectivity index (χ2v) is 13.7. The number of rotatable bonds is 29. The summed E-state index contributed by atoms with van der Waals surface area (Å²) in [4.78, 5) is 24.8. The van der Waals surface area contributed by atoms with E-state index in [-0.39, 0.29) is 45.8 Å². The Kier molecular flexibility index (Phi) is 33.9. The molecule has 0 unspecified atom stereocenters. The van der Waals surface area contributed by atoms with Gasteiger partial charge in [-0.15, -0.1) is 0 Å². The van der Waals surface area contributed by atoms with Gasteiger partial charge in [-0.2, -0.15) is 0 Å². The van der Waals surface area contributed by atoms with E-state index in [1.807, 2.05) is 0 Å². The Bertz CT molecular complexity index is 566. The van der Waals surface area contributed by atoms with E-state index in [4.69, 9.17) is 0 Å². The molecule has 0 saturated heterocycles. The molecular formula is C34H72Br2N4O2.